The van der Waals surface area contributed by atoms with Crippen molar-refractivity contribution in [2.75, 3.05) is 12.4 Å². The lowest BCUT2D eigenvalue weighted by Gasteiger charge is -2.36. The average molecular weight is 556 g/mol. The maximum Gasteiger partial charge on any atom is 0.289 e. The second-order valence-corrected chi connectivity index (χ2v) is 13.5. The van der Waals surface area contributed by atoms with E-state index in [1.54, 1.807) is 30.3 Å². The van der Waals surface area contributed by atoms with E-state index in [2.05, 4.69) is 13.8 Å². The quantitative estimate of drug-likeness (QED) is 0.328. The monoisotopic (exact) mass is 555 g/mol. The summed E-state index contributed by atoms with van der Waals surface area (Å²) in [6.45, 7) is 8.67. The van der Waals surface area contributed by atoms with Crippen molar-refractivity contribution in [2.45, 2.75) is 72.6 Å². The number of ether oxygens (including phenoxy) is 1. The standard InChI is InChI=1S/C30H37NO7S/c1-5-7-9-19(6-2)17-37-24-13-12-23-26-21(24)10-8-11-22(26)27(33)31(28(23)34)38-39(35,36)18-30-15-14-20(16-25(30)32)29(30,3)4/h8,10-13,19-20H,5-7,9,14-18H2,1-4H3. The summed E-state index contributed by atoms with van der Waals surface area (Å²) < 4.78 is 38.0. The zero-order chi connectivity index (χ0) is 28.2. The molecule has 39 heavy (non-hydrogen) atoms. The molecule has 8 nitrogen and oxygen atoms in total. The molecule has 210 valence electrons. The molecule has 2 amide bonds. The lowest BCUT2D eigenvalue weighted by molar-refractivity contribution is -0.128. The first-order valence-electron chi connectivity index (χ1n) is 14.0. The Balaban J connectivity index is 1.41. The summed E-state index contributed by atoms with van der Waals surface area (Å²) in [5, 5.41) is 1.38. The van der Waals surface area contributed by atoms with Gasteiger partial charge in [-0.2, -0.15) is 8.42 Å². The summed E-state index contributed by atoms with van der Waals surface area (Å²) in [7, 11) is -4.45. The van der Waals surface area contributed by atoms with Crippen molar-refractivity contribution in [3.8, 4) is 5.75 Å². The molecule has 0 saturated heterocycles. The van der Waals surface area contributed by atoms with Crippen LogP contribution in [0.1, 0.15) is 93.4 Å². The number of benzene rings is 2. The van der Waals surface area contributed by atoms with Crippen LogP contribution in [0.15, 0.2) is 30.3 Å². The van der Waals surface area contributed by atoms with Crippen molar-refractivity contribution in [3.63, 3.8) is 0 Å². The zero-order valence-corrected chi connectivity index (χ0v) is 23.9. The summed E-state index contributed by atoms with van der Waals surface area (Å²) in [6, 6.07) is 8.26. The van der Waals surface area contributed by atoms with Crippen LogP contribution in [0.5, 0.6) is 5.75 Å². The number of hydrogen-bond donors (Lipinski definition) is 0. The molecular weight excluding hydrogens is 518 g/mol. The molecule has 1 heterocycles. The largest absolute Gasteiger partial charge is 0.493 e. The average Bonchev–Trinajstić information content (AvgIpc) is 3.24. The van der Waals surface area contributed by atoms with Crippen LogP contribution in [-0.2, 0) is 19.2 Å². The predicted molar refractivity (Wildman–Crippen MR) is 147 cm³/mol. The highest BCUT2D eigenvalue weighted by Gasteiger charge is 2.65. The molecule has 2 bridgehead atoms. The number of hydroxylamine groups is 2. The van der Waals surface area contributed by atoms with E-state index in [9.17, 15) is 22.8 Å². The maximum atomic E-state index is 13.4. The van der Waals surface area contributed by atoms with Crippen LogP contribution < -0.4 is 4.74 Å². The summed E-state index contributed by atoms with van der Waals surface area (Å²) >= 11 is 0. The van der Waals surface area contributed by atoms with Gasteiger partial charge in [0.15, 0.2) is 0 Å². The second kappa shape index (κ2) is 10.0. The Morgan fingerprint density at radius 3 is 2.38 bits per heavy atom. The topological polar surface area (TPSA) is 107 Å². The molecule has 3 unspecified atom stereocenters. The number of unbranched alkanes of at least 4 members (excludes halogenated alkanes) is 1. The van der Waals surface area contributed by atoms with Gasteiger partial charge >= 0.3 is 0 Å². The number of amides is 2. The molecule has 0 radical (unpaired) electrons. The van der Waals surface area contributed by atoms with Crippen molar-refractivity contribution in [1.29, 1.82) is 0 Å². The second-order valence-electron chi connectivity index (χ2n) is 11.9. The van der Waals surface area contributed by atoms with E-state index in [-0.39, 0.29) is 22.8 Å². The van der Waals surface area contributed by atoms with Crippen molar-refractivity contribution < 1.29 is 31.8 Å². The SMILES string of the molecule is CCCCC(CC)COc1ccc2c3c(cccc13)C(=O)N(OS(=O)(=O)CC13CCC(CC1=O)C3(C)C)C2=O. The molecule has 5 rings (SSSR count). The maximum absolute atomic E-state index is 13.4. The first kappa shape index (κ1) is 27.8. The summed E-state index contributed by atoms with van der Waals surface area (Å²) in [5.74, 6) is -1.25. The van der Waals surface area contributed by atoms with Crippen LogP contribution in [0.2, 0.25) is 0 Å². The van der Waals surface area contributed by atoms with Crippen LogP contribution >= 0.6 is 0 Å². The number of carbonyl (C=O) groups excluding carboxylic acids is 3. The molecular formula is C30H37NO7S. The Morgan fingerprint density at radius 2 is 1.77 bits per heavy atom. The fraction of sp³-hybridized carbons (Fsp3) is 0.567. The number of nitrogens with zero attached hydrogens (tertiary/aromatic N) is 1. The fourth-order valence-corrected chi connectivity index (χ4v) is 8.59. The van der Waals surface area contributed by atoms with Gasteiger partial charge in [0.1, 0.15) is 11.5 Å². The minimum absolute atomic E-state index is 0.0881. The fourth-order valence-electron chi connectivity index (χ4n) is 6.90. The van der Waals surface area contributed by atoms with Gasteiger partial charge in [0.05, 0.1) is 28.9 Å². The molecule has 9 heteroatoms. The smallest absolute Gasteiger partial charge is 0.289 e. The number of imide groups is 1. The van der Waals surface area contributed by atoms with Gasteiger partial charge in [-0.25, -0.2) is 0 Å². The number of carbonyl (C=O) groups is 3. The van der Waals surface area contributed by atoms with E-state index in [0.717, 1.165) is 32.1 Å². The minimum Gasteiger partial charge on any atom is -0.493 e. The van der Waals surface area contributed by atoms with E-state index in [1.807, 2.05) is 13.8 Å². The first-order chi connectivity index (χ1) is 18.5. The molecule has 3 atom stereocenters. The Kier molecular flexibility index (Phi) is 7.12. The molecule has 2 fully saturated rings. The number of fused-ring (bicyclic) bond motifs is 2. The van der Waals surface area contributed by atoms with Crippen LogP contribution in [0.25, 0.3) is 10.8 Å². The Morgan fingerprint density at radius 1 is 1.05 bits per heavy atom. The van der Waals surface area contributed by atoms with Gasteiger partial charge in [-0.15, -0.1) is 9.35 Å². The summed E-state index contributed by atoms with van der Waals surface area (Å²) in [6.07, 6.45) is 5.87. The van der Waals surface area contributed by atoms with Gasteiger partial charge in [-0.05, 0) is 54.7 Å². The van der Waals surface area contributed by atoms with Crippen molar-refractivity contribution >= 4 is 38.5 Å². The Bertz CT molecular complexity index is 1420. The van der Waals surface area contributed by atoms with Gasteiger partial charge in [0, 0.05) is 17.2 Å². The Hall–Kier alpha value is -2.78. The van der Waals surface area contributed by atoms with Gasteiger partial charge in [0.25, 0.3) is 21.9 Å². The van der Waals surface area contributed by atoms with Gasteiger partial charge in [0.2, 0.25) is 0 Å². The normalized spacial score (nSPS) is 24.6. The lowest BCUT2D eigenvalue weighted by Crippen LogP contribution is -2.46. The molecule has 0 N–H and O–H groups in total. The third-order valence-electron chi connectivity index (χ3n) is 9.60. The van der Waals surface area contributed by atoms with E-state index in [1.165, 1.54) is 0 Å². The third-order valence-corrected chi connectivity index (χ3v) is 10.8. The van der Waals surface area contributed by atoms with E-state index < -0.39 is 38.5 Å². The predicted octanol–water partition coefficient (Wildman–Crippen LogP) is 5.69. The van der Waals surface area contributed by atoms with Crippen LogP contribution in [0.4, 0.5) is 0 Å². The van der Waals surface area contributed by atoms with Crippen molar-refractivity contribution in [1.82, 2.24) is 5.06 Å². The number of Topliss-reactive ketones (excluding diaryl/α,β-unsaturated/α-hetero) is 1. The van der Waals surface area contributed by atoms with Gasteiger partial charge in [-0.1, -0.05) is 59.1 Å². The molecule has 2 aromatic carbocycles. The number of hydrogen-bond acceptors (Lipinski definition) is 7. The van der Waals surface area contributed by atoms with Gasteiger partial charge < -0.3 is 4.74 Å². The Labute approximate surface area is 230 Å². The molecule has 2 aromatic rings. The van der Waals surface area contributed by atoms with Gasteiger partial charge in [-0.3, -0.25) is 14.4 Å². The highest BCUT2D eigenvalue weighted by molar-refractivity contribution is 7.86. The van der Waals surface area contributed by atoms with Crippen molar-refractivity contribution in [3.05, 3.63) is 41.5 Å². The first-order valence-corrected chi connectivity index (χ1v) is 15.6. The summed E-state index contributed by atoms with van der Waals surface area (Å²) in [4.78, 5) is 39.7. The van der Waals surface area contributed by atoms with Crippen LogP contribution in [-0.4, -0.2) is 43.4 Å². The highest BCUT2D eigenvalue weighted by atomic mass is 32.2. The van der Waals surface area contributed by atoms with E-state index in [4.69, 9.17) is 9.02 Å². The molecule has 3 aliphatic rings. The van der Waals surface area contributed by atoms with E-state index >= 15 is 0 Å². The molecule has 1 aliphatic heterocycles. The minimum atomic E-state index is -4.45. The van der Waals surface area contributed by atoms with E-state index in [0.29, 0.717) is 47.0 Å². The van der Waals surface area contributed by atoms with Crippen LogP contribution in [0, 0.1) is 22.7 Å². The number of rotatable bonds is 11. The molecule has 2 saturated carbocycles. The van der Waals surface area contributed by atoms with Crippen LogP contribution in [0.3, 0.4) is 0 Å². The third kappa shape index (κ3) is 4.47. The molecule has 2 aliphatic carbocycles. The molecule has 0 aromatic heterocycles. The summed E-state index contributed by atoms with van der Waals surface area (Å²) in [5.41, 5.74) is -1.25. The van der Waals surface area contributed by atoms with Crippen molar-refractivity contribution in [2.24, 2.45) is 22.7 Å². The lowest BCUT2D eigenvalue weighted by atomic mass is 9.70. The molecule has 0 spiro atoms. The zero-order valence-electron chi connectivity index (χ0n) is 23.1. The highest BCUT2D eigenvalue weighted by Crippen LogP contribution is 2.64. The number of ketones is 1.